The average Bonchev–Trinajstić information content (AvgIpc) is 2.83. The molecule has 0 saturated carbocycles. The van der Waals surface area contributed by atoms with Crippen LogP contribution in [0.25, 0.3) is 0 Å². The SMILES string of the molecule is Brc1cccc(OCc2ccccc2)c1.NS(=O)(=O)c1cccc(OCc2ccccc2)c1. The average molecular weight is 526 g/mol. The molecule has 2 N–H and O–H groups in total. The zero-order chi connectivity index (χ0) is 23.5. The molecule has 0 bridgehead atoms. The zero-order valence-electron chi connectivity index (χ0n) is 17.8. The number of primary sulfonamides is 1. The molecule has 170 valence electrons. The monoisotopic (exact) mass is 525 g/mol. The summed E-state index contributed by atoms with van der Waals surface area (Å²) in [7, 11) is -3.69. The molecule has 0 atom stereocenters. The number of hydrogen-bond acceptors (Lipinski definition) is 4. The summed E-state index contributed by atoms with van der Waals surface area (Å²) in [6.07, 6.45) is 0. The second kappa shape index (κ2) is 12.2. The molecule has 0 aromatic heterocycles. The summed E-state index contributed by atoms with van der Waals surface area (Å²) in [5.41, 5.74) is 2.19. The van der Waals surface area contributed by atoms with E-state index in [1.54, 1.807) is 12.1 Å². The third-order valence-corrected chi connectivity index (χ3v) is 5.83. The summed E-state index contributed by atoms with van der Waals surface area (Å²) in [5, 5.41) is 5.05. The Bertz CT molecular complexity index is 1250. The first-order valence-electron chi connectivity index (χ1n) is 10.1. The third kappa shape index (κ3) is 8.73. The van der Waals surface area contributed by atoms with E-state index >= 15 is 0 Å². The van der Waals surface area contributed by atoms with Gasteiger partial charge in [0.05, 0.1) is 4.90 Å². The van der Waals surface area contributed by atoms with Crippen molar-refractivity contribution in [2.75, 3.05) is 0 Å². The molecule has 0 heterocycles. The topological polar surface area (TPSA) is 78.6 Å². The van der Waals surface area contributed by atoms with Crippen LogP contribution < -0.4 is 14.6 Å². The molecule has 0 saturated heterocycles. The van der Waals surface area contributed by atoms with Crippen molar-refractivity contribution in [2.24, 2.45) is 5.14 Å². The third-order valence-electron chi connectivity index (χ3n) is 4.43. The van der Waals surface area contributed by atoms with Crippen LogP contribution in [0.1, 0.15) is 11.1 Å². The van der Waals surface area contributed by atoms with Crippen molar-refractivity contribution in [3.8, 4) is 11.5 Å². The van der Waals surface area contributed by atoms with Crippen LogP contribution >= 0.6 is 15.9 Å². The van der Waals surface area contributed by atoms with E-state index in [1.807, 2.05) is 72.8 Å². The Balaban J connectivity index is 0.000000189. The molecule has 0 aliphatic carbocycles. The molecule has 4 rings (SSSR count). The maximum atomic E-state index is 11.2. The van der Waals surface area contributed by atoms with Crippen LogP contribution in [0.2, 0.25) is 0 Å². The fourth-order valence-corrected chi connectivity index (χ4v) is 3.71. The van der Waals surface area contributed by atoms with Crippen molar-refractivity contribution in [3.05, 3.63) is 125 Å². The molecule has 33 heavy (non-hydrogen) atoms. The van der Waals surface area contributed by atoms with Gasteiger partial charge in [-0.25, -0.2) is 13.6 Å². The van der Waals surface area contributed by atoms with Crippen LogP contribution in [0.15, 0.2) is 119 Å². The Hall–Kier alpha value is -3.13. The molecule has 0 radical (unpaired) electrons. The van der Waals surface area contributed by atoms with Crippen molar-refractivity contribution in [1.29, 1.82) is 0 Å². The van der Waals surface area contributed by atoms with Crippen LogP contribution in [0.3, 0.4) is 0 Å². The van der Waals surface area contributed by atoms with Gasteiger partial charge in [0.15, 0.2) is 0 Å². The number of halogens is 1. The van der Waals surface area contributed by atoms with Crippen LogP contribution in [0.4, 0.5) is 0 Å². The number of ether oxygens (including phenoxy) is 2. The van der Waals surface area contributed by atoms with Crippen LogP contribution in [-0.2, 0) is 23.2 Å². The maximum Gasteiger partial charge on any atom is 0.238 e. The van der Waals surface area contributed by atoms with Gasteiger partial charge in [-0.05, 0) is 41.5 Å². The van der Waals surface area contributed by atoms with Crippen molar-refractivity contribution < 1.29 is 17.9 Å². The Kier molecular flexibility index (Phi) is 9.06. The number of nitrogens with two attached hydrogens (primary N) is 1. The van der Waals surface area contributed by atoms with Gasteiger partial charge >= 0.3 is 0 Å². The predicted molar refractivity (Wildman–Crippen MR) is 134 cm³/mol. The second-order valence-electron chi connectivity index (χ2n) is 7.03. The maximum absolute atomic E-state index is 11.2. The van der Waals surface area contributed by atoms with E-state index in [2.05, 4.69) is 28.1 Å². The summed E-state index contributed by atoms with van der Waals surface area (Å²) >= 11 is 3.41. The highest BCUT2D eigenvalue weighted by atomic mass is 79.9. The Morgan fingerprint density at radius 3 is 1.61 bits per heavy atom. The first kappa shape index (κ1) is 24.5. The highest BCUT2D eigenvalue weighted by Gasteiger charge is 2.08. The lowest BCUT2D eigenvalue weighted by atomic mass is 10.2. The molecule has 0 aliphatic rings. The molecule has 0 spiro atoms. The summed E-state index contributed by atoms with van der Waals surface area (Å²) in [6, 6.07) is 33.8. The van der Waals surface area contributed by atoms with Crippen LogP contribution in [-0.4, -0.2) is 8.42 Å². The van der Waals surface area contributed by atoms with Gasteiger partial charge in [0.25, 0.3) is 0 Å². The minimum Gasteiger partial charge on any atom is -0.489 e. The van der Waals surface area contributed by atoms with E-state index < -0.39 is 10.0 Å². The van der Waals surface area contributed by atoms with Gasteiger partial charge < -0.3 is 9.47 Å². The molecule has 4 aromatic carbocycles. The largest absolute Gasteiger partial charge is 0.489 e. The van der Waals surface area contributed by atoms with E-state index in [1.165, 1.54) is 17.7 Å². The highest BCUT2D eigenvalue weighted by Crippen LogP contribution is 2.19. The lowest BCUT2D eigenvalue weighted by Gasteiger charge is -2.07. The highest BCUT2D eigenvalue weighted by molar-refractivity contribution is 9.10. The first-order chi connectivity index (χ1) is 15.9. The van der Waals surface area contributed by atoms with E-state index in [0.29, 0.717) is 19.0 Å². The zero-order valence-corrected chi connectivity index (χ0v) is 20.2. The number of benzene rings is 4. The summed E-state index contributed by atoms with van der Waals surface area (Å²) in [4.78, 5) is 0.0491. The van der Waals surface area contributed by atoms with E-state index in [-0.39, 0.29) is 4.90 Å². The standard InChI is InChI=1S/C13H11BrO.C13H13NO3S/c14-12-7-4-8-13(9-12)15-10-11-5-2-1-3-6-11;14-18(15,16)13-8-4-7-12(9-13)17-10-11-5-2-1-3-6-11/h1-9H,10H2;1-9H,10H2,(H2,14,15,16). The van der Waals surface area contributed by atoms with Crippen LogP contribution in [0.5, 0.6) is 11.5 Å². The van der Waals surface area contributed by atoms with Gasteiger partial charge in [0.1, 0.15) is 24.7 Å². The molecule has 4 aromatic rings. The first-order valence-corrected chi connectivity index (χ1v) is 12.5. The number of hydrogen-bond donors (Lipinski definition) is 1. The molecule has 0 aliphatic heterocycles. The fourth-order valence-electron chi connectivity index (χ4n) is 2.78. The van der Waals surface area contributed by atoms with Gasteiger partial charge in [-0.2, -0.15) is 0 Å². The number of rotatable bonds is 7. The van der Waals surface area contributed by atoms with Crippen molar-refractivity contribution in [2.45, 2.75) is 18.1 Å². The molecule has 0 amide bonds. The van der Waals surface area contributed by atoms with E-state index in [0.717, 1.165) is 15.8 Å². The molecular formula is C26H24BrNO4S. The molecule has 5 nitrogen and oxygen atoms in total. The normalized spacial score (nSPS) is 10.6. The smallest absolute Gasteiger partial charge is 0.238 e. The Labute approximate surface area is 203 Å². The van der Waals surface area contributed by atoms with Gasteiger partial charge in [0, 0.05) is 10.5 Å². The minimum atomic E-state index is -3.69. The molecular weight excluding hydrogens is 502 g/mol. The van der Waals surface area contributed by atoms with Gasteiger partial charge in [-0.15, -0.1) is 0 Å². The summed E-state index contributed by atoms with van der Waals surface area (Å²) in [6.45, 7) is 0.992. The lowest BCUT2D eigenvalue weighted by Crippen LogP contribution is -2.12. The van der Waals surface area contributed by atoms with Crippen LogP contribution in [0, 0.1) is 0 Å². The van der Waals surface area contributed by atoms with E-state index in [9.17, 15) is 8.42 Å². The fraction of sp³-hybridized carbons (Fsp3) is 0.0769. The van der Waals surface area contributed by atoms with Crippen molar-refractivity contribution >= 4 is 26.0 Å². The van der Waals surface area contributed by atoms with E-state index in [4.69, 9.17) is 14.6 Å². The quantitative estimate of drug-likeness (QED) is 0.323. The van der Waals surface area contributed by atoms with Gasteiger partial charge in [-0.1, -0.05) is 88.7 Å². The molecule has 0 fully saturated rings. The summed E-state index contributed by atoms with van der Waals surface area (Å²) in [5.74, 6) is 1.36. The Morgan fingerprint density at radius 2 is 1.12 bits per heavy atom. The Morgan fingerprint density at radius 1 is 0.636 bits per heavy atom. The predicted octanol–water partition coefficient (Wildman–Crippen LogP) is 5.94. The number of sulfonamides is 1. The molecule has 0 unspecified atom stereocenters. The van der Waals surface area contributed by atoms with Gasteiger partial charge in [0.2, 0.25) is 10.0 Å². The van der Waals surface area contributed by atoms with Crippen molar-refractivity contribution in [1.82, 2.24) is 0 Å². The minimum absolute atomic E-state index is 0.0491. The van der Waals surface area contributed by atoms with Crippen molar-refractivity contribution in [3.63, 3.8) is 0 Å². The lowest BCUT2D eigenvalue weighted by molar-refractivity contribution is 0.305. The summed E-state index contributed by atoms with van der Waals surface area (Å²) < 4.78 is 34.5. The molecule has 7 heteroatoms. The second-order valence-corrected chi connectivity index (χ2v) is 9.50. The van der Waals surface area contributed by atoms with Gasteiger partial charge in [-0.3, -0.25) is 0 Å².